The summed E-state index contributed by atoms with van der Waals surface area (Å²) in [5, 5.41) is 5.48. The molecule has 126 valence electrons. The lowest BCUT2D eigenvalue weighted by Crippen LogP contribution is -2.29. The van der Waals surface area contributed by atoms with Gasteiger partial charge in [-0.25, -0.2) is 4.79 Å². The third kappa shape index (κ3) is 5.76. The number of hydrogen-bond donors (Lipinski definition) is 2. The van der Waals surface area contributed by atoms with Crippen LogP contribution in [0.5, 0.6) is 0 Å². The molecule has 0 atom stereocenters. The van der Waals surface area contributed by atoms with Gasteiger partial charge in [-0.15, -0.1) is 0 Å². The van der Waals surface area contributed by atoms with Crippen molar-refractivity contribution in [3.63, 3.8) is 0 Å². The van der Waals surface area contributed by atoms with Crippen molar-refractivity contribution in [2.75, 3.05) is 18.5 Å². The van der Waals surface area contributed by atoms with Crippen LogP contribution in [-0.4, -0.2) is 25.2 Å². The first-order valence-electron chi connectivity index (χ1n) is 8.05. The summed E-state index contributed by atoms with van der Waals surface area (Å²) >= 11 is 0. The molecular weight excluding hydrogens is 304 g/mol. The zero-order chi connectivity index (χ0) is 17.2. The van der Waals surface area contributed by atoms with Gasteiger partial charge in [0.1, 0.15) is 0 Å². The van der Waals surface area contributed by atoms with Crippen LogP contribution in [0.15, 0.2) is 54.6 Å². The molecule has 2 aromatic rings. The first-order valence-corrected chi connectivity index (χ1v) is 8.05. The highest BCUT2D eigenvalue weighted by Crippen LogP contribution is 2.20. The number of hydrogen-bond acceptors (Lipinski definition) is 3. The summed E-state index contributed by atoms with van der Waals surface area (Å²) in [7, 11) is 0. The van der Waals surface area contributed by atoms with Crippen molar-refractivity contribution in [3.8, 4) is 11.1 Å². The molecule has 0 aliphatic heterocycles. The molecule has 0 aliphatic rings. The maximum Gasteiger partial charge on any atom is 0.319 e. The van der Waals surface area contributed by atoms with Crippen molar-refractivity contribution in [2.24, 2.45) is 0 Å². The monoisotopic (exact) mass is 326 g/mol. The Labute approximate surface area is 142 Å². The smallest absolute Gasteiger partial charge is 0.319 e. The van der Waals surface area contributed by atoms with E-state index >= 15 is 0 Å². The molecule has 0 unspecified atom stereocenters. The Morgan fingerprint density at radius 3 is 2.29 bits per heavy atom. The van der Waals surface area contributed by atoms with Gasteiger partial charge in [-0.05, 0) is 36.6 Å². The lowest BCUT2D eigenvalue weighted by atomic mass is 10.1. The summed E-state index contributed by atoms with van der Waals surface area (Å²) < 4.78 is 4.82. The third-order valence-electron chi connectivity index (χ3n) is 3.40. The van der Waals surface area contributed by atoms with Crippen LogP contribution in [0, 0.1) is 0 Å². The summed E-state index contributed by atoms with van der Waals surface area (Å²) in [5.74, 6) is -0.240. The van der Waals surface area contributed by atoms with E-state index in [1.54, 1.807) is 6.92 Å². The minimum absolute atomic E-state index is 0.240. The van der Waals surface area contributed by atoms with Gasteiger partial charge in [-0.3, -0.25) is 4.79 Å². The lowest BCUT2D eigenvalue weighted by Gasteiger charge is -2.08. The van der Waals surface area contributed by atoms with E-state index < -0.39 is 0 Å². The Morgan fingerprint density at radius 2 is 1.62 bits per heavy atom. The second-order valence-corrected chi connectivity index (χ2v) is 5.23. The molecule has 0 saturated carbocycles. The molecular formula is C19H22N2O3. The molecule has 0 spiro atoms. The fourth-order valence-electron chi connectivity index (χ4n) is 2.22. The van der Waals surface area contributed by atoms with Crippen molar-refractivity contribution in [3.05, 3.63) is 54.6 Å². The highest BCUT2D eigenvalue weighted by atomic mass is 16.5. The van der Waals surface area contributed by atoms with Crippen LogP contribution in [-0.2, 0) is 9.53 Å². The fraction of sp³-hybridized carbons (Fsp3) is 0.263. The minimum atomic E-state index is -0.286. The predicted molar refractivity (Wildman–Crippen MR) is 94.8 cm³/mol. The van der Waals surface area contributed by atoms with E-state index in [4.69, 9.17) is 4.74 Å². The number of rotatable bonds is 7. The number of amides is 2. The molecule has 5 heteroatoms. The SMILES string of the molecule is CCOC(=O)CCCNC(=O)Nc1ccc(-c2ccccc2)cc1. The molecule has 0 fully saturated rings. The quantitative estimate of drug-likeness (QED) is 0.600. The van der Waals surface area contributed by atoms with Crippen LogP contribution < -0.4 is 10.6 Å². The van der Waals surface area contributed by atoms with Gasteiger partial charge in [0.05, 0.1) is 6.61 Å². The van der Waals surface area contributed by atoms with Crippen molar-refractivity contribution < 1.29 is 14.3 Å². The molecule has 0 radical (unpaired) electrons. The van der Waals surface area contributed by atoms with Crippen molar-refractivity contribution in [2.45, 2.75) is 19.8 Å². The molecule has 0 bridgehead atoms. The maximum absolute atomic E-state index is 11.8. The van der Waals surface area contributed by atoms with Gasteiger partial charge in [0.2, 0.25) is 0 Å². The summed E-state index contributed by atoms with van der Waals surface area (Å²) in [5.41, 5.74) is 2.95. The molecule has 2 aromatic carbocycles. The molecule has 2 N–H and O–H groups in total. The Kier molecular flexibility index (Phi) is 6.83. The highest BCUT2D eigenvalue weighted by Gasteiger charge is 2.04. The van der Waals surface area contributed by atoms with Gasteiger partial charge in [0.25, 0.3) is 0 Å². The van der Waals surface area contributed by atoms with Crippen LogP contribution in [0.3, 0.4) is 0 Å². The lowest BCUT2D eigenvalue weighted by molar-refractivity contribution is -0.143. The van der Waals surface area contributed by atoms with Gasteiger partial charge in [0, 0.05) is 18.7 Å². The van der Waals surface area contributed by atoms with E-state index in [0.717, 1.165) is 16.8 Å². The van der Waals surface area contributed by atoms with Gasteiger partial charge in [-0.1, -0.05) is 42.5 Å². The summed E-state index contributed by atoms with van der Waals surface area (Å²) in [6, 6.07) is 17.4. The van der Waals surface area contributed by atoms with Crippen LogP contribution in [0.2, 0.25) is 0 Å². The molecule has 0 saturated heterocycles. The average molecular weight is 326 g/mol. The molecule has 2 rings (SSSR count). The number of urea groups is 1. The third-order valence-corrected chi connectivity index (χ3v) is 3.40. The number of benzene rings is 2. The number of carbonyl (C=O) groups excluding carboxylic acids is 2. The molecule has 0 heterocycles. The Balaban J connectivity index is 1.75. The molecule has 2 amide bonds. The first-order chi connectivity index (χ1) is 11.7. The molecule has 0 aliphatic carbocycles. The van der Waals surface area contributed by atoms with Crippen LogP contribution >= 0.6 is 0 Å². The van der Waals surface area contributed by atoms with Crippen molar-refractivity contribution in [1.29, 1.82) is 0 Å². The Morgan fingerprint density at radius 1 is 0.958 bits per heavy atom. The van der Waals surface area contributed by atoms with E-state index in [1.165, 1.54) is 0 Å². The molecule has 0 aromatic heterocycles. The molecule has 5 nitrogen and oxygen atoms in total. The summed E-state index contributed by atoms with van der Waals surface area (Å²) in [6.07, 6.45) is 0.860. The summed E-state index contributed by atoms with van der Waals surface area (Å²) in [4.78, 5) is 23.0. The topological polar surface area (TPSA) is 67.4 Å². The predicted octanol–water partition coefficient (Wildman–Crippen LogP) is 3.82. The van der Waals surface area contributed by atoms with Gasteiger partial charge in [0.15, 0.2) is 0 Å². The van der Waals surface area contributed by atoms with Gasteiger partial charge in [-0.2, -0.15) is 0 Å². The van der Waals surface area contributed by atoms with E-state index in [1.807, 2.05) is 54.6 Å². The highest BCUT2D eigenvalue weighted by molar-refractivity contribution is 5.89. The van der Waals surface area contributed by atoms with E-state index in [0.29, 0.717) is 26.0 Å². The standard InChI is InChI=1S/C19H22N2O3/c1-2-24-18(22)9-6-14-20-19(23)21-17-12-10-16(11-13-17)15-7-4-3-5-8-15/h3-5,7-8,10-13H,2,6,9,14H2,1H3,(H2,20,21,23). The normalized spacial score (nSPS) is 10.0. The number of ether oxygens (including phenoxy) is 1. The zero-order valence-electron chi connectivity index (χ0n) is 13.7. The van der Waals surface area contributed by atoms with Crippen LogP contribution in [0.4, 0.5) is 10.5 Å². The van der Waals surface area contributed by atoms with Gasteiger partial charge >= 0.3 is 12.0 Å². The van der Waals surface area contributed by atoms with E-state index in [2.05, 4.69) is 10.6 Å². The average Bonchev–Trinajstić information content (AvgIpc) is 2.60. The Bertz CT molecular complexity index is 654. The Hall–Kier alpha value is -2.82. The number of carbonyl (C=O) groups is 2. The number of esters is 1. The van der Waals surface area contributed by atoms with Crippen LogP contribution in [0.25, 0.3) is 11.1 Å². The zero-order valence-corrected chi connectivity index (χ0v) is 13.7. The number of anilines is 1. The first kappa shape index (κ1) is 17.5. The largest absolute Gasteiger partial charge is 0.466 e. The second kappa shape index (κ2) is 9.35. The fourth-order valence-corrected chi connectivity index (χ4v) is 2.22. The van der Waals surface area contributed by atoms with Gasteiger partial charge < -0.3 is 15.4 Å². The second-order valence-electron chi connectivity index (χ2n) is 5.23. The minimum Gasteiger partial charge on any atom is -0.466 e. The van der Waals surface area contributed by atoms with E-state index in [-0.39, 0.29) is 12.0 Å². The summed E-state index contributed by atoms with van der Waals surface area (Å²) in [6.45, 7) is 2.57. The number of nitrogens with one attached hydrogen (secondary N) is 2. The van der Waals surface area contributed by atoms with E-state index in [9.17, 15) is 9.59 Å². The molecule has 24 heavy (non-hydrogen) atoms. The maximum atomic E-state index is 11.8. The van der Waals surface area contributed by atoms with Crippen LogP contribution in [0.1, 0.15) is 19.8 Å². The van der Waals surface area contributed by atoms with Crippen molar-refractivity contribution in [1.82, 2.24) is 5.32 Å². The van der Waals surface area contributed by atoms with Crippen molar-refractivity contribution >= 4 is 17.7 Å².